The highest BCUT2D eigenvalue weighted by atomic mass is 16.5. The highest BCUT2D eigenvalue weighted by molar-refractivity contribution is 5.63. The third kappa shape index (κ3) is 3.78. The van der Waals surface area contributed by atoms with Crippen molar-refractivity contribution in [2.24, 2.45) is 0 Å². The van der Waals surface area contributed by atoms with Gasteiger partial charge in [0, 0.05) is 0 Å². The molecule has 1 heteroatoms. The zero-order valence-corrected chi connectivity index (χ0v) is 10.1. The molecule has 0 aliphatic rings. The molecule has 0 radical (unpaired) electrons. The summed E-state index contributed by atoms with van der Waals surface area (Å²) in [4.78, 5) is 0. The second kappa shape index (κ2) is 4.52. The molecular formula is C14H20O. The van der Waals surface area contributed by atoms with Gasteiger partial charge in [0.15, 0.2) is 0 Å². The fourth-order valence-corrected chi connectivity index (χ4v) is 1.32. The molecule has 0 saturated carbocycles. The summed E-state index contributed by atoms with van der Waals surface area (Å²) in [5, 5.41) is 0. The van der Waals surface area contributed by atoms with Gasteiger partial charge in [-0.15, -0.1) is 0 Å². The molecule has 1 aromatic carbocycles. The van der Waals surface area contributed by atoms with Crippen LogP contribution in [0, 0.1) is 0 Å². The van der Waals surface area contributed by atoms with E-state index in [1.54, 1.807) is 0 Å². The van der Waals surface area contributed by atoms with Crippen molar-refractivity contribution in [2.45, 2.75) is 39.7 Å². The summed E-state index contributed by atoms with van der Waals surface area (Å²) < 4.78 is 5.74. The number of hydrogen-bond acceptors (Lipinski definition) is 1. The normalized spacial score (nSPS) is 11.2. The maximum atomic E-state index is 5.74. The molecule has 1 nitrogen and oxygen atoms in total. The molecule has 0 fully saturated rings. The van der Waals surface area contributed by atoms with E-state index in [1.165, 1.54) is 5.56 Å². The zero-order valence-electron chi connectivity index (χ0n) is 10.1. The van der Waals surface area contributed by atoms with Crippen LogP contribution in [-0.2, 0) is 0 Å². The van der Waals surface area contributed by atoms with E-state index >= 15 is 0 Å². The average Bonchev–Trinajstić information content (AvgIpc) is 2.15. The Labute approximate surface area is 92.8 Å². The van der Waals surface area contributed by atoms with Crippen molar-refractivity contribution in [3.05, 3.63) is 36.4 Å². The van der Waals surface area contributed by atoms with Gasteiger partial charge < -0.3 is 4.74 Å². The van der Waals surface area contributed by atoms with Crippen molar-refractivity contribution >= 4 is 5.57 Å². The van der Waals surface area contributed by atoms with Crippen molar-refractivity contribution in [1.82, 2.24) is 0 Å². The van der Waals surface area contributed by atoms with Gasteiger partial charge in [-0.3, -0.25) is 0 Å². The number of hydrogen-bond donors (Lipinski definition) is 0. The van der Waals surface area contributed by atoms with Crippen LogP contribution in [0.2, 0.25) is 0 Å². The van der Waals surface area contributed by atoms with Gasteiger partial charge in [-0.05, 0) is 50.5 Å². The molecule has 0 heterocycles. The Morgan fingerprint density at radius 1 is 1.20 bits per heavy atom. The van der Waals surface area contributed by atoms with E-state index in [4.69, 9.17) is 4.74 Å². The minimum Gasteiger partial charge on any atom is -0.488 e. The molecule has 0 saturated heterocycles. The molecule has 0 amide bonds. The van der Waals surface area contributed by atoms with Gasteiger partial charge in [-0.25, -0.2) is 0 Å². The monoisotopic (exact) mass is 204 g/mol. The van der Waals surface area contributed by atoms with E-state index in [1.807, 2.05) is 32.9 Å². The molecule has 0 N–H and O–H groups in total. The van der Waals surface area contributed by atoms with Crippen LogP contribution in [0.3, 0.4) is 0 Å². The Morgan fingerprint density at radius 2 is 1.73 bits per heavy atom. The highest BCUT2D eigenvalue weighted by Crippen LogP contribution is 2.22. The second-order valence-electron chi connectivity index (χ2n) is 4.70. The van der Waals surface area contributed by atoms with Crippen LogP contribution in [0.5, 0.6) is 5.75 Å². The first kappa shape index (κ1) is 11.8. The van der Waals surface area contributed by atoms with Gasteiger partial charge >= 0.3 is 0 Å². The van der Waals surface area contributed by atoms with E-state index in [0.717, 1.165) is 17.7 Å². The zero-order chi connectivity index (χ0) is 11.5. The first-order chi connectivity index (χ1) is 6.92. The molecule has 0 aromatic heterocycles. The Kier molecular flexibility index (Phi) is 3.57. The minimum absolute atomic E-state index is 0.136. The molecule has 15 heavy (non-hydrogen) atoms. The maximum absolute atomic E-state index is 5.74. The second-order valence-corrected chi connectivity index (χ2v) is 4.70. The topological polar surface area (TPSA) is 9.23 Å². The Balaban J connectivity index is 2.77. The number of rotatable bonds is 3. The van der Waals surface area contributed by atoms with Crippen LogP contribution in [0.1, 0.15) is 39.7 Å². The Bertz CT molecular complexity index is 327. The predicted octanol–water partition coefficient (Wildman–Crippen LogP) is 4.29. The third-order valence-electron chi connectivity index (χ3n) is 2.11. The molecule has 0 aliphatic carbocycles. The first-order valence-electron chi connectivity index (χ1n) is 5.39. The summed E-state index contributed by atoms with van der Waals surface area (Å²) in [6.45, 7) is 12.3. The van der Waals surface area contributed by atoms with E-state index in [2.05, 4.69) is 25.6 Å². The van der Waals surface area contributed by atoms with Crippen molar-refractivity contribution in [2.75, 3.05) is 0 Å². The van der Waals surface area contributed by atoms with Crippen LogP contribution < -0.4 is 4.74 Å². The number of ether oxygens (including phenoxy) is 1. The minimum atomic E-state index is -0.136. The molecule has 0 atom stereocenters. The fourth-order valence-electron chi connectivity index (χ4n) is 1.32. The molecular weight excluding hydrogens is 184 g/mol. The molecule has 0 spiro atoms. The lowest BCUT2D eigenvalue weighted by molar-refractivity contribution is 0.131. The SMILES string of the molecule is C=C(CC)c1ccc(OC(C)(C)C)cc1. The van der Waals surface area contributed by atoms with Crippen LogP contribution in [0.4, 0.5) is 0 Å². The lowest BCUT2D eigenvalue weighted by Crippen LogP contribution is -2.22. The molecule has 0 bridgehead atoms. The van der Waals surface area contributed by atoms with Gasteiger partial charge in [0.2, 0.25) is 0 Å². The van der Waals surface area contributed by atoms with E-state index in [-0.39, 0.29) is 5.60 Å². The van der Waals surface area contributed by atoms with Gasteiger partial charge in [-0.1, -0.05) is 25.6 Å². The summed E-state index contributed by atoms with van der Waals surface area (Å²) in [5.74, 6) is 0.912. The molecule has 0 unspecified atom stereocenters. The standard InChI is InChI=1S/C14H20O/c1-6-11(2)12-7-9-13(10-8-12)15-14(3,4)5/h7-10H,2,6H2,1,3-5H3. The van der Waals surface area contributed by atoms with Crippen LogP contribution >= 0.6 is 0 Å². The van der Waals surface area contributed by atoms with Gasteiger partial charge in [0.25, 0.3) is 0 Å². The lowest BCUT2D eigenvalue weighted by atomic mass is 10.1. The molecule has 1 aromatic rings. The van der Waals surface area contributed by atoms with Gasteiger partial charge in [0.1, 0.15) is 11.4 Å². The predicted molar refractivity (Wildman–Crippen MR) is 66.1 cm³/mol. The summed E-state index contributed by atoms with van der Waals surface area (Å²) in [7, 11) is 0. The van der Waals surface area contributed by atoms with Crippen molar-refractivity contribution in [3.63, 3.8) is 0 Å². The third-order valence-corrected chi connectivity index (χ3v) is 2.11. The first-order valence-corrected chi connectivity index (χ1v) is 5.39. The van der Waals surface area contributed by atoms with E-state index < -0.39 is 0 Å². The van der Waals surface area contributed by atoms with Crippen molar-refractivity contribution in [1.29, 1.82) is 0 Å². The van der Waals surface area contributed by atoms with Crippen LogP contribution in [-0.4, -0.2) is 5.60 Å². The summed E-state index contributed by atoms with van der Waals surface area (Å²) in [5.41, 5.74) is 2.22. The van der Waals surface area contributed by atoms with E-state index in [9.17, 15) is 0 Å². The summed E-state index contributed by atoms with van der Waals surface area (Å²) in [6, 6.07) is 8.13. The van der Waals surface area contributed by atoms with Crippen molar-refractivity contribution in [3.8, 4) is 5.75 Å². The summed E-state index contributed by atoms with van der Waals surface area (Å²) in [6.07, 6.45) is 0.986. The van der Waals surface area contributed by atoms with Crippen LogP contribution in [0.25, 0.3) is 5.57 Å². The number of allylic oxidation sites excluding steroid dienone is 1. The average molecular weight is 204 g/mol. The van der Waals surface area contributed by atoms with Crippen molar-refractivity contribution < 1.29 is 4.74 Å². The quantitative estimate of drug-likeness (QED) is 0.713. The highest BCUT2D eigenvalue weighted by Gasteiger charge is 2.11. The largest absolute Gasteiger partial charge is 0.488 e. The van der Waals surface area contributed by atoms with Crippen LogP contribution in [0.15, 0.2) is 30.8 Å². The Hall–Kier alpha value is -1.24. The number of benzene rings is 1. The molecule has 82 valence electrons. The maximum Gasteiger partial charge on any atom is 0.120 e. The molecule has 1 rings (SSSR count). The van der Waals surface area contributed by atoms with Gasteiger partial charge in [0.05, 0.1) is 0 Å². The fraction of sp³-hybridized carbons (Fsp3) is 0.429. The molecule has 0 aliphatic heterocycles. The van der Waals surface area contributed by atoms with Gasteiger partial charge in [-0.2, -0.15) is 0 Å². The smallest absolute Gasteiger partial charge is 0.120 e. The lowest BCUT2D eigenvalue weighted by Gasteiger charge is -2.21. The summed E-state index contributed by atoms with van der Waals surface area (Å²) >= 11 is 0. The Morgan fingerprint density at radius 3 is 2.13 bits per heavy atom. The van der Waals surface area contributed by atoms with E-state index in [0.29, 0.717) is 0 Å².